The summed E-state index contributed by atoms with van der Waals surface area (Å²) in [6.45, 7) is 2.23. The van der Waals surface area contributed by atoms with Crippen molar-refractivity contribution in [1.82, 2.24) is 5.32 Å². The molecule has 0 spiro atoms. The first-order chi connectivity index (χ1) is 9.64. The highest BCUT2D eigenvalue weighted by Gasteiger charge is 2.40. The Labute approximate surface area is 128 Å². The van der Waals surface area contributed by atoms with E-state index in [9.17, 15) is 9.90 Å². The van der Waals surface area contributed by atoms with Gasteiger partial charge >= 0.3 is 0 Å². The number of fused-ring (bicyclic) bond motifs is 1. The number of hydrogen-bond donors (Lipinski definition) is 2. The third kappa shape index (κ3) is 2.51. The van der Waals surface area contributed by atoms with Crippen LogP contribution >= 0.6 is 23.1 Å². The highest BCUT2D eigenvalue weighted by Crippen LogP contribution is 2.41. The van der Waals surface area contributed by atoms with E-state index in [1.807, 2.05) is 0 Å². The summed E-state index contributed by atoms with van der Waals surface area (Å²) in [4.78, 5) is 14.0. The van der Waals surface area contributed by atoms with Gasteiger partial charge < -0.3 is 10.4 Å². The fraction of sp³-hybridized carbons (Fsp3) is 0.667. The molecule has 1 aromatic rings. The summed E-state index contributed by atoms with van der Waals surface area (Å²) in [5.41, 5.74) is 1.05. The van der Waals surface area contributed by atoms with Crippen molar-refractivity contribution in [3.63, 3.8) is 0 Å². The largest absolute Gasteiger partial charge is 0.396 e. The Morgan fingerprint density at radius 2 is 2.45 bits per heavy atom. The van der Waals surface area contributed by atoms with Gasteiger partial charge in [0.15, 0.2) is 0 Å². The molecule has 0 bridgehead atoms. The number of nitrogens with one attached hydrogen (secondary N) is 1. The standard InChI is InChI=1S/C15H21NO2S2/c1-15(9-17)6-2-3-12(15)16-14(18)13-10-4-7-19-11(10)5-8-20-13/h4,7,12-13,17H,2-3,5-6,8-9H2,1H3,(H,16,18)/t12-,13+,15+/m0/s1. The zero-order chi connectivity index (χ0) is 14.2. The first-order valence-electron chi connectivity index (χ1n) is 7.23. The number of aryl methyl sites for hydroxylation is 1. The minimum absolute atomic E-state index is 0.0615. The Kier molecular flexibility index (Phi) is 4.11. The maximum atomic E-state index is 12.6. The molecule has 1 amide bonds. The second-order valence-corrected chi connectivity index (χ2v) is 8.28. The van der Waals surface area contributed by atoms with Crippen molar-refractivity contribution in [3.05, 3.63) is 21.9 Å². The van der Waals surface area contributed by atoms with Crippen molar-refractivity contribution in [2.75, 3.05) is 12.4 Å². The molecule has 0 saturated heterocycles. The average molecular weight is 311 g/mol. The van der Waals surface area contributed by atoms with Crippen molar-refractivity contribution in [3.8, 4) is 0 Å². The quantitative estimate of drug-likeness (QED) is 0.902. The molecule has 2 N–H and O–H groups in total. The zero-order valence-corrected chi connectivity index (χ0v) is 13.4. The molecular formula is C15H21NO2S2. The number of thiophene rings is 1. The molecule has 3 nitrogen and oxygen atoms in total. The molecule has 0 unspecified atom stereocenters. The van der Waals surface area contributed by atoms with E-state index >= 15 is 0 Å². The lowest BCUT2D eigenvalue weighted by molar-refractivity contribution is -0.122. The Morgan fingerprint density at radius 1 is 1.60 bits per heavy atom. The topological polar surface area (TPSA) is 49.3 Å². The number of carbonyl (C=O) groups is 1. The lowest BCUT2D eigenvalue weighted by Gasteiger charge is -2.32. The molecule has 1 saturated carbocycles. The van der Waals surface area contributed by atoms with Crippen LogP contribution < -0.4 is 5.32 Å². The summed E-state index contributed by atoms with van der Waals surface area (Å²) in [7, 11) is 0. The van der Waals surface area contributed by atoms with Crippen molar-refractivity contribution < 1.29 is 9.90 Å². The van der Waals surface area contributed by atoms with Gasteiger partial charge in [0, 0.05) is 16.3 Å². The minimum Gasteiger partial charge on any atom is -0.396 e. The fourth-order valence-corrected chi connectivity index (χ4v) is 5.58. The van der Waals surface area contributed by atoms with Gasteiger partial charge in [-0.1, -0.05) is 13.3 Å². The number of amides is 1. The summed E-state index contributed by atoms with van der Waals surface area (Å²) in [5.74, 6) is 1.15. The Morgan fingerprint density at radius 3 is 3.25 bits per heavy atom. The van der Waals surface area contributed by atoms with Crippen LogP contribution in [0.3, 0.4) is 0 Å². The molecule has 1 fully saturated rings. The van der Waals surface area contributed by atoms with E-state index in [1.165, 1.54) is 10.4 Å². The maximum Gasteiger partial charge on any atom is 0.237 e. The maximum absolute atomic E-state index is 12.6. The van der Waals surface area contributed by atoms with Crippen LogP contribution in [0, 0.1) is 5.41 Å². The minimum atomic E-state index is -0.146. The van der Waals surface area contributed by atoms with Gasteiger partial charge in [-0.15, -0.1) is 23.1 Å². The Bertz CT molecular complexity index is 502. The third-order valence-electron chi connectivity index (χ3n) is 4.67. The van der Waals surface area contributed by atoms with E-state index in [-0.39, 0.29) is 29.2 Å². The number of thioether (sulfide) groups is 1. The SMILES string of the molecule is C[C@]1(CO)CCC[C@@H]1NC(=O)[C@@H]1SCCc2sccc21. The van der Waals surface area contributed by atoms with E-state index < -0.39 is 0 Å². The molecule has 3 atom stereocenters. The number of aliphatic hydroxyl groups is 1. The van der Waals surface area contributed by atoms with Gasteiger partial charge in [-0.3, -0.25) is 4.79 Å². The van der Waals surface area contributed by atoms with Gasteiger partial charge in [-0.2, -0.15) is 0 Å². The summed E-state index contributed by atoms with van der Waals surface area (Å²) in [6, 6.07) is 2.21. The molecule has 1 aliphatic carbocycles. The number of carbonyl (C=O) groups excluding carboxylic acids is 1. The van der Waals surface area contributed by atoms with Crippen LogP contribution in [0.5, 0.6) is 0 Å². The van der Waals surface area contributed by atoms with Crippen LogP contribution in [-0.2, 0) is 11.2 Å². The highest BCUT2D eigenvalue weighted by molar-refractivity contribution is 8.00. The number of hydrogen-bond acceptors (Lipinski definition) is 4. The molecule has 110 valence electrons. The molecule has 2 aliphatic rings. The Balaban J connectivity index is 1.72. The molecule has 20 heavy (non-hydrogen) atoms. The second-order valence-electron chi connectivity index (χ2n) is 6.07. The van der Waals surface area contributed by atoms with Crippen molar-refractivity contribution in [2.45, 2.75) is 43.9 Å². The molecule has 2 heterocycles. The van der Waals surface area contributed by atoms with Gasteiger partial charge in [0.05, 0.1) is 6.61 Å². The monoisotopic (exact) mass is 311 g/mol. The van der Waals surface area contributed by atoms with Crippen LogP contribution in [0.25, 0.3) is 0 Å². The van der Waals surface area contributed by atoms with E-state index in [0.717, 1.165) is 31.4 Å². The average Bonchev–Trinajstić information content (AvgIpc) is 3.06. The van der Waals surface area contributed by atoms with E-state index in [0.29, 0.717) is 0 Å². The smallest absolute Gasteiger partial charge is 0.237 e. The lowest BCUT2D eigenvalue weighted by Crippen LogP contribution is -2.46. The van der Waals surface area contributed by atoms with Gasteiger partial charge in [-0.05, 0) is 42.0 Å². The third-order valence-corrected chi connectivity index (χ3v) is 6.91. The highest BCUT2D eigenvalue weighted by atomic mass is 32.2. The van der Waals surface area contributed by atoms with Crippen LogP contribution in [0.15, 0.2) is 11.4 Å². The van der Waals surface area contributed by atoms with Gasteiger partial charge in [0.2, 0.25) is 5.91 Å². The predicted octanol–water partition coefficient (Wildman–Crippen LogP) is 2.75. The van der Waals surface area contributed by atoms with Crippen molar-refractivity contribution in [2.24, 2.45) is 5.41 Å². The summed E-state index contributed by atoms with van der Waals surface area (Å²) < 4.78 is 0. The van der Waals surface area contributed by atoms with Crippen molar-refractivity contribution in [1.29, 1.82) is 0 Å². The predicted molar refractivity (Wildman–Crippen MR) is 84.2 cm³/mol. The van der Waals surface area contributed by atoms with Crippen LogP contribution in [0.1, 0.15) is 41.9 Å². The Hall–Kier alpha value is -0.520. The molecule has 1 aromatic heterocycles. The first-order valence-corrected chi connectivity index (χ1v) is 9.16. The lowest BCUT2D eigenvalue weighted by atomic mass is 9.85. The normalized spacial score (nSPS) is 32.9. The van der Waals surface area contributed by atoms with Crippen LogP contribution in [-0.4, -0.2) is 29.4 Å². The summed E-state index contributed by atoms with van der Waals surface area (Å²) in [5, 5.41) is 14.8. The fourth-order valence-electron chi connectivity index (χ4n) is 3.28. The molecule has 0 radical (unpaired) electrons. The summed E-state index contributed by atoms with van der Waals surface area (Å²) in [6.07, 6.45) is 4.15. The second kappa shape index (κ2) is 5.70. The van der Waals surface area contributed by atoms with Gasteiger partial charge in [0.1, 0.15) is 5.25 Å². The van der Waals surface area contributed by atoms with Crippen LogP contribution in [0.4, 0.5) is 0 Å². The first kappa shape index (κ1) is 14.4. The van der Waals surface area contributed by atoms with Crippen LogP contribution in [0.2, 0.25) is 0 Å². The summed E-state index contributed by atoms with van der Waals surface area (Å²) >= 11 is 3.50. The van der Waals surface area contributed by atoms with E-state index in [1.54, 1.807) is 23.1 Å². The molecule has 5 heteroatoms. The molecular weight excluding hydrogens is 290 g/mol. The zero-order valence-electron chi connectivity index (χ0n) is 11.7. The van der Waals surface area contributed by atoms with E-state index in [4.69, 9.17) is 0 Å². The molecule has 0 aromatic carbocycles. The molecule has 3 rings (SSSR count). The van der Waals surface area contributed by atoms with Gasteiger partial charge in [0.25, 0.3) is 0 Å². The molecule has 1 aliphatic heterocycles. The van der Waals surface area contributed by atoms with E-state index in [2.05, 4.69) is 23.7 Å². The van der Waals surface area contributed by atoms with Crippen molar-refractivity contribution >= 4 is 29.0 Å². The number of rotatable bonds is 3. The number of aliphatic hydroxyl groups excluding tert-OH is 1. The van der Waals surface area contributed by atoms with Gasteiger partial charge in [-0.25, -0.2) is 0 Å².